The fraction of sp³-hybridized carbons (Fsp3) is 0.0870. The molecule has 4 rings (SSSR count). The Bertz CT molecular complexity index is 1240. The van der Waals surface area contributed by atoms with E-state index < -0.39 is 4.92 Å². The van der Waals surface area contributed by atoms with Crippen LogP contribution >= 0.6 is 0 Å². The van der Waals surface area contributed by atoms with Crippen LogP contribution in [0.15, 0.2) is 79.3 Å². The van der Waals surface area contributed by atoms with Crippen molar-refractivity contribution in [2.75, 3.05) is 0 Å². The minimum atomic E-state index is -0.512. The number of non-ortho nitro benzene ring substituents is 1. The third kappa shape index (κ3) is 4.32. The molecule has 0 aliphatic rings. The molecule has 0 aliphatic carbocycles. The van der Waals surface area contributed by atoms with Gasteiger partial charge in [0, 0.05) is 54.0 Å². The summed E-state index contributed by atoms with van der Waals surface area (Å²) in [6.07, 6.45) is 5.24. The van der Waals surface area contributed by atoms with E-state index in [9.17, 15) is 14.9 Å². The second-order valence-corrected chi connectivity index (χ2v) is 6.96. The molecule has 1 N–H and O–H groups in total. The van der Waals surface area contributed by atoms with Gasteiger partial charge in [0.25, 0.3) is 11.6 Å². The highest BCUT2D eigenvalue weighted by Crippen LogP contribution is 2.24. The van der Waals surface area contributed by atoms with Crippen molar-refractivity contribution in [1.82, 2.24) is 20.1 Å². The Labute approximate surface area is 178 Å². The molecule has 0 unspecified atom stereocenters. The number of nitrogens with zero attached hydrogens (tertiary/aromatic N) is 4. The number of aryl methyl sites for hydroxylation is 1. The van der Waals surface area contributed by atoms with Gasteiger partial charge in [-0.05, 0) is 36.8 Å². The van der Waals surface area contributed by atoms with Crippen LogP contribution in [0.25, 0.3) is 16.9 Å². The maximum Gasteiger partial charge on any atom is 0.270 e. The normalized spacial score (nSPS) is 10.6. The SMILES string of the molecule is Cc1ccc([N+](=O)[O-])cc1C(=O)NCc1cn(-c2ccccc2)nc1-c1ccncc1. The Morgan fingerprint density at radius 3 is 2.55 bits per heavy atom. The number of nitro benzene ring substituents is 1. The minimum Gasteiger partial charge on any atom is -0.348 e. The molecule has 31 heavy (non-hydrogen) atoms. The van der Waals surface area contributed by atoms with E-state index in [1.807, 2.05) is 48.7 Å². The maximum absolute atomic E-state index is 12.8. The van der Waals surface area contributed by atoms with Crippen molar-refractivity contribution in [2.45, 2.75) is 13.5 Å². The number of hydrogen-bond donors (Lipinski definition) is 1. The molecule has 2 aromatic heterocycles. The predicted molar refractivity (Wildman–Crippen MR) is 116 cm³/mol. The standard InChI is InChI=1S/C23H19N5O3/c1-16-7-8-20(28(30)31)13-21(16)23(29)25-14-18-15-27(19-5-3-2-4-6-19)26-22(18)17-9-11-24-12-10-17/h2-13,15H,14H2,1H3,(H,25,29). The molecule has 0 saturated carbocycles. The summed E-state index contributed by atoms with van der Waals surface area (Å²) in [5.41, 5.74) is 4.12. The molecule has 154 valence electrons. The largest absolute Gasteiger partial charge is 0.348 e. The van der Waals surface area contributed by atoms with E-state index in [2.05, 4.69) is 10.3 Å². The van der Waals surface area contributed by atoms with E-state index in [1.165, 1.54) is 12.1 Å². The summed E-state index contributed by atoms with van der Waals surface area (Å²) in [7, 11) is 0. The number of aromatic nitrogens is 3. The van der Waals surface area contributed by atoms with Gasteiger partial charge in [-0.1, -0.05) is 24.3 Å². The van der Waals surface area contributed by atoms with Crippen molar-refractivity contribution in [3.8, 4) is 16.9 Å². The summed E-state index contributed by atoms with van der Waals surface area (Å²) in [5.74, 6) is -0.380. The van der Waals surface area contributed by atoms with Crippen molar-refractivity contribution in [1.29, 1.82) is 0 Å². The van der Waals surface area contributed by atoms with E-state index in [4.69, 9.17) is 5.10 Å². The first-order chi connectivity index (χ1) is 15.0. The fourth-order valence-electron chi connectivity index (χ4n) is 3.24. The number of benzene rings is 2. The minimum absolute atomic E-state index is 0.120. The van der Waals surface area contributed by atoms with Crippen molar-refractivity contribution in [3.05, 3.63) is 106 Å². The first-order valence-corrected chi connectivity index (χ1v) is 9.60. The van der Waals surface area contributed by atoms with Gasteiger partial charge in [-0.25, -0.2) is 4.68 Å². The summed E-state index contributed by atoms with van der Waals surface area (Å²) in [6.45, 7) is 1.96. The van der Waals surface area contributed by atoms with Crippen molar-refractivity contribution < 1.29 is 9.72 Å². The molecule has 8 nitrogen and oxygen atoms in total. The van der Waals surface area contributed by atoms with Crippen molar-refractivity contribution in [3.63, 3.8) is 0 Å². The Balaban J connectivity index is 1.64. The van der Waals surface area contributed by atoms with Crippen LogP contribution in [0.5, 0.6) is 0 Å². The summed E-state index contributed by atoms with van der Waals surface area (Å²) in [6, 6.07) is 17.6. The highest BCUT2D eigenvalue weighted by atomic mass is 16.6. The molecule has 8 heteroatoms. The monoisotopic (exact) mass is 413 g/mol. The first kappa shape index (κ1) is 20.0. The number of carbonyl (C=O) groups is 1. The van der Waals surface area contributed by atoms with Crippen LogP contribution in [-0.4, -0.2) is 25.6 Å². The number of carbonyl (C=O) groups excluding carboxylic acids is 1. The smallest absolute Gasteiger partial charge is 0.270 e. The van der Waals surface area contributed by atoms with Crippen LogP contribution in [-0.2, 0) is 6.54 Å². The van der Waals surface area contributed by atoms with E-state index in [-0.39, 0.29) is 23.7 Å². The van der Waals surface area contributed by atoms with Gasteiger partial charge in [-0.2, -0.15) is 5.10 Å². The van der Waals surface area contributed by atoms with Crippen molar-refractivity contribution in [2.24, 2.45) is 0 Å². The van der Waals surface area contributed by atoms with Gasteiger partial charge in [0.15, 0.2) is 0 Å². The van der Waals surface area contributed by atoms with Crippen LogP contribution in [0.3, 0.4) is 0 Å². The molecule has 0 bridgehead atoms. The van der Waals surface area contributed by atoms with Crippen LogP contribution < -0.4 is 5.32 Å². The third-order valence-electron chi connectivity index (χ3n) is 4.88. The molecule has 2 aromatic carbocycles. The quantitative estimate of drug-likeness (QED) is 0.379. The van der Waals surface area contributed by atoms with Gasteiger partial charge >= 0.3 is 0 Å². The van der Waals surface area contributed by atoms with Crippen LogP contribution in [0.2, 0.25) is 0 Å². The zero-order valence-corrected chi connectivity index (χ0v) is 16.7. The Morgan fingerprint density at radius 2 is 1.84 bits per heavy atom. The number of hydrogen-bond acceptors (Lipinski definition) is 5. The zero-order chi connectivity index (χ0) is 21.8. The molecule has 0 fully saturated rings. The van der Waals surface area contributed by atoms with Crippen LogP contribution in [0, 0.1) is 17.0 Å². The van der Waals surface area contributed by atoms with Gasteiger partial charge < -0.3 is 5.32 Å². The molecule has 0 radical (unpaired) electrons. The number of pyridine rings is 1. The lowest BCUT2D eigenvalue weighted by Crippen LogP contribution is -2.23. The molecule has 0 saturated heterocycles. The number of nitrogens with one attached hydrogen (secondary N) is 1. The average Bonchev–Trinajstić information content (AvgIpc) is 3.23. The van der Waals surface area contributed by atoms with Crippen LogP contribution in [0.4, 0.5) is 5.69 Å². The molecular weight excluding hydrogens is 394 g/mol. The lowest BCUT2D eigenvalue weighted by molar-refractivity contribution is -0.384. The van der Waals surface area contributed by atoms with Gasteiger partial charge in [0.1, 0.15) is 0 Å². The molecule has 0 aliphatic heterocycles. The highest BCUT2D eigenvalue weighted by molar-refractivity contribution is 5.96. The predicted octanol–water partition coefficient (Wildman–Crippen LogP) is 4.08. The summed E-state index contributed by atoms with van der Waals surface area (Å²) < 4.78 is 1.76. The summed E-state index contributed by atoms with van der Waals surface area (Å²) in [4.78, 5) is 27.4. The van der Waals surface area contributed by atoms with Gasteiger partial charge in [-0.15, -0.1) is 0 Å². The third-order valence-corrected chi connectivity index (χ3v) is 4.88. The van der Waals surface area contributed by atoms with E-state index in [0.29, 0.717) is 5.56 Å². The van der Waals surface area contributed by atoms with E-state index in [0.717, 1.165) is 22.5 Å². The van der Waals surface area contributed by atoms with Gasteiger partial charge in [0.2, 0.25) is 0 Å². The highest BCUT2D eigenvalue weighted by Gasteiger charge is 2.17. The molecule has 2 heterocycles. The van der Waals surface area contributed by atoms with E-state index >= 15 is 0 Å². The van der Waals surface area contributed by atoms with Crippen molar-refractivity contribution >= 4 is 11.6 Å². The lowest BCUT2D eigenvalue weighted by Gasteiger charge is -2.08. The Kier molecular flexibility index (Phi) is 5.53. The molecular formula is C23H19N5O3. The second-order valence-electron chi connectivity index (χ2n) is 6.96. The van der Waals surface area contributed by atoms with E-state index in [1.54, 1.807) is 30.1 Å². The Morgan fingerprint density at radius 1 is 1.10 bits per heavy atom. The number of amides is 1. The van der Waals surface area contributed by atoms with Gasteiger partial charge in [-0.3, -0.25) is 19.9 Å². The topological polar surface area (TPSA) is 103 Å². The van der Waals surface area contributed by atoms with Crippen LogP contribution in [0.1, 0.15) is 21.5 Å². The van der Waals surface area contributed by atoms with Gasteiger partial charge in [0.05, 0.1) is 16.3 Å². The molecule has 4 aromatic rings. The molecule has 0 spiro atoms. The maximum atomic E-state index is 12.8. The summed E-state index contributed by atoms with van der Waals surface area (Å²) in [5, 5.41) is 18.6. The second kappa shape index (κ2) is 8.58. The average molecular weight is 413 g/mol. The lowest BCUT2D eigenvalue weighted by atomic mass is 10.1. The number of para-hydroxylation sites is 1. The molecule has 1 amide bonds. The number of nitro groups is 1. The molecule has 0 atom stereocenters. The Hall–Kier alpha value is -4.33. The summed E-state index contributed by atoms with van der Waals surface area (Å²) >= 11 is 0. The first-order valence-electron chi connectivity index (χ1n) is 9.60. The fourth-order valence-corrected chi connectivity index (χ4v) is 3.24. The number of rotatable bonds is 6. The zero-order valence-electron chi connectivity index (χ0n) is 16.7.